The second-order valence-electron chi connectivity index (χ2n) is 4.16. The minimum absolute atomic E-state index is 0.0996. The summed E-state index contributed by atoms with van der Waals surface area (Å²) in [6.45, 7) is 4.25. The summed E-state index contributed by atoms with van der Waals surface area (Å²) in [4.78, 5) is 11.7. The molecule has 0 heterocycles. The number of alkyl halides is 1. The summed E-state index contributed by atoms with van der Waals surface area (Å²) in [7, 11) is 0. The summed E-state index contributed by atoms with van der Waals surface area (Å²) < 4.78 is 13.4. The van der Waals surface area contributed by atoms with Crippen molar-refractivity contribution < 1.29 is 9.18 Å². The molecule has 0 aliphatic rings. The van der Waals surface area contributed by atoms with E-state index in [0.717, 1.165) is 18.4 Å². The fourth-order valence-corrected chi connectivity index (χ4v) is 1.65. The van der Waals surface area contributed by atoms with Gasteiger partial charge in [0.2, 0.25) is 0 Å². The molecule has 2 nitrogen and oxygen atoms in total. The highest BCUT2D eigenvalue weighted by Crippen LogP contribution is 2.10. The number of benzene rings is 1. The van der Waals surface area contributed by atoms with E-state index in [-0.39, 0.29) is 16.8 Å². The quantitative estimate of drug-likeness (QED) is 0.637. The average molecular weight is 258 g/mol. The third kappa shape index (κ3) is 4.73. The fraction of sp³-hybridized carbons (Fsp3) is 0.462. The first-order valence-corrected chi connectivity index (χ1v) is 6.12. The SMILES string of the molecule is Cc1ccc(F)c(C(=O)NCCCC(C)Cl)c1. The summed E-state index contributed by atoms with van der Waals surface area (Å²) in [5, 5.41) is 2.78. The van der Waals surface area contributed by atoms with Crippen LogP contribution in [-0.4, -0.2) is 17.8 Å². The van der Waals surface area contributed by atoms with E-state index in [1.54, 1.807) is 12.1 Å². The van der Waals surface area contributed by atoms with Crippen molar-refractivity contribution in [3.63, 3.8) is 0 Å². The molecule has 1 aromatic carbocycles. The van der Waals surface area contributed by atoms with Crippen LogP contribution in [0.1, 0.15) is 35.7 Å². The van der Waals surface area contributed by atoms with E-state index >= 15 is 0 Å². The normalized spacial score (nSPS) is 12.2. The van der Waals surface area contributed by atoms with Crippen molar-refractivity contribution in [1.29, 1.82) is 0 Å². The van der Waals surface area contributed by atoms with Crippen molar-refractivity contribution in [2.45, 2.75) is 32.1 Å². The van der Waals surface area contributed by atoms with Crippen molar-refractivity contribution in [3.8, 4) is 0 Å². The predicted molar refractivity (Wildman–Crippen MR) is 68.0 cm³/mol. The lowest BCUT2D eigenvalue weighted by Gasteiger charge is -2.07. The largest absolute Gasteiger partial charge is 0.352 e. The van der Waals surface area contributed by atoms with Crippen LogP contribution in [0.5, 0.6) is 0 Å². The average Bonchev–Trinajstić information content (AvgIpc) is 2.27. The molecular weight excluding hydrogens is 241 g/mol. The van der Waals surface area contributed by atoms with E-state index in [0.29, 0.717) is 6.54 Å². The van der Waals surface area contributed by atoms with Crippen LogP contribution >= 0.6 is 11.6 Å². The van der Waals surface area contributed by atoms with Gasteiger partial charge in [-0.2, -0.15) is 0 Å². The van der Waals surface area contributed by atoms with Crippen LogP contribution in [0.4, 0.5) is 4.39 Å². The Kier molecular flexibility index (Phi) is 5.42. The van der Waals surface area contributed by atoms with Crippen LogP contribution in [-0.2, 0) is 0 Å². The van der Waals surface area contributed by atoms with Crippen LogP contribution in [0.2, 0.25) is 0 Å². The number of halogens is 2. The zero-order valence-electron chi connectivity index (χ0n) is 10.1. The lowest BCUT2D eigenvalue weighted by Crippen LogP contribution is -2.25. The molecule has 0 fully saturated rings. The van der Waals surface area contributed by atoms with Gasteiger partial charge in [0.25, 0.3) is 5.91 Å². The van der Waals surface area contributed by atoms with Gasteiger partial charge in [-0.25, -0.2) is 4.39 Å². The fourth-order valence-electron chi connectivity index (χ4n) is 1.49. The second-order valence-corrected chi connectivity index (χ2v) is 4.91. The lowest BCUT2D eigenvalue weighted by molar-refractivity contribution is 0.0949. The van der Waals surface area contributed by atoms with E-state index in [4.69, 9.17) is 11.6 Å². The Hall–Kier alpha value is -1.09. The van der Waals surface area contributed by atoms with E-state index in [2.05, 4.69) is 5.32 Å². The number of hydrogen-bond acceptors (Lipinski definition) is 1. The Morgan fingerprint density at radius 2 is 2.24 bits per heavy atom. The molecule has 1 unspecified atom stereocenters. The summed E-state index contributed by atoms with van der Waals surface area (Å²) in [5.41, 5.74) is 0.967. The van der Waals surface area contributed by atoms with Gasteiger partial charge in [0.15, 0.2) is 0 Å². The molecule has 0 aliphatic carbocycles. The number of carbonyl (C=O) groups is 1. The summed E-state index contributed by atoms with van der Waals surface area (Å²) >= 11 is 5.78. The molecule has 0 saturated heterocycles. The van der Waals surface area contributed by atoms with Gasteiger partial charge in [-0.3, -0.25) is 4.79 Å². The van der Waals surface area contributed by atoms with Crippen LogP contribution in [0.3, 0.4) is 0 Å². The molecule has 0 saturated carbocycles. The van der Waals surface area contributed by atoms with Gasteiger partial charge in [-0.05, 0) is 38.8 Å². The van der Waals surface area contributed by atoms with Crippen LogP contribution in [0.15, 0.2) is 18.2 Å². The molecule has 94 valence electrons. The minimum atomic E-state index is -0.487. The molecule has 0 spiro atoms. The van der Waals surface area contributed by atoms with Gasteiger partial charge in [-0.1, -0.05) is 11.6 Å². The number of aryl methyl sites for hydroxylation is 1. The smallest absolute Gasteiger partial charge is 0.254 e. The zero-order chi connectivity index (χ0) is 12.8. The van der Waals surface area contributed by atoms with Crippen LogP contribution in [0.25, 0.3) is 0 Å². The third-order valence-corrected chi connectivity index (χ3v) is 2.65. The molecule has 1 aromatic rings. The van der Waals surface area contributed by atoms with Crippen molar-refractivity contribution >= 4 is 17.5 Å². The van der Waals surface area contributed by atoms with Gasteiger partial charge in [0.1, 0.15) is 5.82 Å². The molecule has 1 N–H and O–H groups in total. The number of nitrogens with one attached hydrogen (secondary N) is 1. The van der Waals surface area contributed by atoms with Gasteiger partial charge >= 0.3 is 0 Å². The number of hydrogen-bond donors (Lipinski definition) is 1. The molecule has 17 heavy (non-hydrogen) atoms. The highest BCUT2D eigenvalue weighted by Gasteiger charge is 2.10. The molecule has 1 amide bonds. The van der Waals surface area contributed by atoms with Crippen molar-refractivity contribution in [3.05, 3.63) is 35.1 Å². The van der Waals surface area contributed by atoms with E-state index in [1.807, 2.05) is 13.8 Å². The third-order valence-electron chi connectivity index (χ3n) is 2.43. The second kappa shape index (κ2) is 6.60. The molecule has 0 aliphatic heterocycles. The van der Waals surface area contributed by atoms with Crippen molar-refractivity contribution in [1.82, 2.24) is 5.32 Å². The maximum absolute atomic E-state index is 13.4. The highest BCUT2D eigenvalue weighted by molar-refractivity contribution is 6.20. The van der Waals surface area contributed by atoms with E-state index in [1.165, 1.54) is 6.07 Å². The minimum Gasteiger partial charge on any atom is -0.352 e. The number of carbonyl (C=O) groups excluding carboxylic acids is 1. The molecule has 0 aromatic heterocycles. The first-order chi connectivity index (χ1) is 8.00. The van der Waals surface area contributed by atoms with Crippen LogP contribution < -0.4 is 5.32 Å². The predicted octanol–water partition coefficient (Wildman–Crippen LogP) is 3.27. The number of amides is 1. The topological polar surface area (TPSA) is 29.1 Å². The first kappa shape index (κ1) is 14.0. The standard InChI is InChI=1S/C13H17ClFNO/c1-9-5-6-12(15)11(8-9)13(17)16-7-3-4-10(2)14/h5-6,8,10H,3-4,7H2,1-2H3,(H,16,17). The summed E-state index contributed by atoms with van der Waals surface area (Å²) in [5.74, 6) is -0.854. The molecule has 1 atom stereocenters. The lowest BCUT2D eigenvalue weighted by atomic mass is 10.1. The molecule has 0 radical (unpaired) electrons. The van der Waals surface area contributed by atoms with E-state index in [9.17, 15) is 9.18 Å². The number of rotatable bonds is 5. The van der Waals surface area contributed by atoms with Crippen molar-refractivity contribution in [2.75, 3.05) is 6.54 Å². The Bertz CT molecular complexity index is 393. The molecule has 1 rings (SSSR count). The monoisotopic (exact) mass is 257 g/mol. The van der Waals surface area contributed by atoms with Gasteiger partial charge in [-0.15, -0.1) is 11.6 Å². The van der Waals surface area contributed by atoms with Gasteiger partial charge in [0.05, 0.1) is 5.56 Å². The zero-order valence-corrected chi connectivity index (χ0v) is 10.9. The Morgan fingerprint density at radius 1 is 1.53 bits per heavy atom. The summed E-state index contributed by atoms with van der Waals surface area (Å²) in [6, 6.07) is 4.50. The Labute approximate surface area is 106 Å². The molecular formula is C13H17ClFNO. The first-order valence-electron chi connectivity index (χ1n) is 5.69. The summed E-state index contributed by atoms with van der Waals surface area (Å²) in [6.07, 6.45) is 1.63. The maximum atomic E-state index is 13.4. The van der Waals surface area contributed by atoms with Gasteiger partial charge < -0.3 is 5.32 Å². The van der Waals surface area contributed by atoms with Gasteiger partial charge in [0, 0.05) is 11.9 Å². The maximum Gasteiger partial charge on any atom is 0.254 e. The van der Waals surface area contributed by atoms with Crippen molar-refractivity contribution in [2.24, 2.45) is 0 Å². The molecule has 4 heteroatoms. The van der Waals surface area contributed by atoms with E-state index < -0.39 is 5.82 Å². The van der Waals surface area contributed by atoms with Crippen LogP contribution in [0, 0.1) is 12.7 Å². The highest BCUT2D eigenvalue weighted by atomic mass is 35.5. The Balaban J connectivity index is 2.49. The Morgan fingerprint density at radius 3 is 2.88 bits per heavy atom. The molecule has 0 bridgehead atoms.